The SMILES string of the molecule is C[C@H]1[C@@H](C[C@H](OC(=O)N(C)C)C2O[C@@H]3O[C@]4(C)CC[C@H]5[C@H](C)CC[C@@H]([C@H]2C)[C@@]35OO4)O[C@@H]2O[C@]3(C)CC[C@H]4[C@H](C)CC[C@@H]1[C@@]24OO3. The van der Waals surface area contributed by atoms with Crippen LogP contribution in [-0.4, -0.2) is 78.8 Å². The van der Waals surface area contributed by atoms with Crippen molar-refractivity contribution in [3.63, 3.8) is 0 Å². The van der Waals surface area contributed by atoms with Crippen molar-refractivity contribution < 1.29 is 48.0 Å². The predicted molar refractivity (Wildman–Crippen MR) is 162 cm³/mol. The molecule has 4 bridgehead atoms. The Hall–Kier alpha value is -1.05. The minimum Gasteiger partial charge on any atom is -0.443 e. The van der Waals surface area contributed by atoms with Crippen LogP contribution in [0.15, 0.2) is 0 Å². The van der Waals surface area contributed by atoms with Gasteiger partial charge in [0.2, 0.25) is 11.6 Å². The third-order valence-electron chi connectivity index (χ3n) is 14.0. The number of ether oxygens (including phenoxy) is 5. The van der Waals surface area contributed by atoms with Gasteiger partial charge < -0.3 is 28.6 Å². The molecular formula is C35H55NO10. The van der Waals surface area contributed by atoms with Crippen LogP contribution in [0.3, 0.4) is 0 Å². The van der Waals surface area contributed by atoms with E-state index in [-0.39, 0.29) is 41.6 Å². The van der Waals surface area contributed by atoms with Crippen LogP contribution in [0.5, 0.6) is 0 Å². The second-order valence-electron chi connectivity index (χ2n) is 16.9. The molecule has 2 aliphatic carbocycles. The van der Waals surface area contributed by atoms with Gasteiger partial charge in [0.25, 0.3) is 0 Å². The van der Waals surface area contributed by atoms with E-state index in [1.807, 2.05) is 13.8 Å². The van der Waals surface area contributed by atoms with E-state index in [9.17, 15) is 4.79 Å². The van der Waals surface area contributed by atoms with Crippen molar-refractivity contribution in [2.24, 2.45) is 47.3 Å². The first-order valence-corrected chi connectivity index (χ1v) is 18.1. The van der Waals surface area contributed by atoms with E-state index in [1.165, 1.54) is 4.90 Å². The minimum absolute atomic E-state index is 0.0202. The molecule has 10 aliphatic rings. The average Bonchev–Trinajstić information content (AvgIpc) is 3.38. The molecule has 8 aliphatic heterocycles. The number of hydrogen-bond donors (Lipinski definition) is 0. The fraction of sp³-hybridized carbons (Fsp3) is 0.971. The van der Waals surface area contributed by atoms with Crippen molar-refractivity contribution in [2.45, 2.75) is 153 Å². The molecule has 10 fully saturated rings. The van der Waals surface area contributed by atoms with Gasteiger partial charge in [-0.1, -0.05) is 27.7 Å². The summed E-state index contributed by atoms with van der Waals surface area (Å²) in [5, 5.41) is 0. The Morgan fingerprint density at radius 3 is 1.78 bits per heavy atom. The number of amides is 1. The van der Waals surface area contributed by atoms with E-state index in [2.05, 4.69) is 27.7 Å². The highest BCUT2D eigenvalue weighted by Crippen LogP contribution is 2.63. The molecule has 0 aromatic rings. The number of nitrogens with zero attached hydrogens (tertiary/aromatic N) is 1. The highest BCUT2D eigenvalue weighted by Gasteiger charge is 2.72. The lowest BCUT2D eigenvalue weighted by molar-refractivity contribution is -0.573. The van der Waals surface area contributed by atoms with Crippen molar-refractivity contribution in [2.75, 3.05) is 14.1 Å². The zero-order chi connectivity index (χ0) is 32.4. The Balaban J connectivity index is 1.12. The molecule has 260 valence electrons. The molecule has 8 saturated heterocycles. The average molecular weight is 650 g/mol. The lowest BCUT2D eigenvalue weighted by Gasteiger charge is -2.62. The van der Waals surface area contributed by atoms with Gasteiger partial charge in [-0.3, -0.25) is 0 Å². The van der Waals surface area contributed by atoms with Gasteiger partial charge in [0.1, 0.15) is 12.2 Å². The molecule has 0 aromatic heterocycles. The van der Waals surface area contributed by atoms with Crippen LogP contribution in [-0.2, 0) is 43.2 Å². The van der Waals surface area contributed by atoms with Crippen molar-refractivity contribution >= 4 is 6.09 Å². The van der Waals surface area contributed by atoms with Gasteiger partial charge in [-0.2, -0.15) is 0 Å². The van der Waals surface area contributed by atoms with Crippen molar-refractivity contribution in [1.82, 2.24) is 4.90 Å². The summed E-state index contributed by atoms with van der Waals surface area (Å²) in [7, 11) is 3.43. The van der Waals surface area contributed by atoms with E-state index >= 15 is 0 Å². The summed E-state index contributed by atoms with van der Waals surface area (Å²) >= 11 is 0. The maximum absolute atomic E-state index is 13.3. The molecule has 0 N–H and O–H groups in total. The summed E-state index contributed by atoms with van der Waals surface area (Å²) in [4.78, 5) is 39.7. The molecule has 0 radical (unpaired) electrons. The normalized spacial score (nSPS) is 56.2. The zero-order valence-corrected chi connectivity index (χ0v) is 28.9. The molecule has 1 unspecified atom stereocenters. The van der Waals surface area contributed by atoms with Crippen LogP contribution in [0.2, 0.25) is 0 Å². The Bertz CT molecular complexity index is 1200. The molecule has 11 nitrogen and oxygen atoms in total. The maximum Gasteiger partial charge on any atom is 0.409 e. The van der Waals surface area contributed by atoms with Gasteiger partial charge in [-0.05, 0) is 87.9 Å². The highest BCUT2D eigenvalue weighted by atomic mass is 17.3. The van der Waals surface area contributed by atoms with Crippen LogP contribution in [0.25, 0.3) is 0 Å². The van der Waals surface area contributed by atoms with E-state index < -0.39 is 53.7 Å². The lowest BCUT2D eigenvalue weighted by Crippen LogP contribution is -2.72. The topological polar surface area (TPSA) is 103 Å². The molecule has 0 aromatic carbocycles. The van der Waals surface area contributed by atoms with Gasteiger partial charge in [0.05, 0.1) is 6.10 Å². The van der Waals surface area contributed by atoms with E-state index in [0.717, 1.165) is 51.4 Å². The van der Waals surface area contributed by atoms with Crippen molar-refractivity contribution in [3.8, 4) is 0 Å². The molecule has 2 saturated carbocycles. The summed E-state index contributed by atoms with van der Waals surface area (Å²) in [6.45, 7) is 13.0. The largest absolute Gasteiger partial charge is 0.443 e. The predicted octanol–water partition coefficient (Wildman–Crippen LogP) is 5.94. The molecule has 8 heterocycles. The quantitative estimate of drug-likeness (QED) is 0.340. The summed E-state index contributed by atoms with van der Waals surface area (Å²) in [5.74, 6) is 0.227. The molecule has 11 heteroatoms. The van der Waals surface area contributed by atoms with Crippen LogP contribution in [0, 0.1) is 47.3 Å². The van der Waals surface area contributed by atoms with Gasteiger partial charge in [-0.15, -0.1) is 0 Å². The molecule has 46 heavy (non-hydrogen) atoms. The van der Waals surface area contributed by atoms with Gasteiger partial charge in [0.15, 0.2) is 23.8 Å². The smallest absolute Gasteiger partial charge is 0.409 e. The molecule has 1 amide bonds. The highest BCUT2D eigenvalue weighted by molar-refractivity contribution is 5.67. The fourth-order valence-electron chi connectivity index (χ4n) is 11.3. The first-order chi connectivity index (χ1) is 21.8. The first kappa shape index (κ1) is 32.2. The maximum atomic E-state index is 13.3. The van der Waals surface area contributed by atoms with Crippen molar-refractivity contribution in [1.29, 1.82) is 0 Å². The van der Waals surface area contributed by atoms with Crippen molar-refractivity contribution in [3.05, 3.63) is 0 Å². The zero-order valence-electron chi connectivity index (χ0n) is 28.9. The van der Waals surface area contributed by atoms with Crippen LogP contribution in [0.1, 0.15) is 99.3 Å². The number of carbonyl (C=O) groups excluding carboxylic acids is 1. The fourth-order valence-corrected chi connectivity index (χ4v) is 11.3. The monoisotopic (exact) mass is 649 g/mol. The van der Waals surface area contributed by atoms with Gasteiger partial charge in [-0.25, -0.2) is 24.3 Å². The second-order valence-corrected chi connectivity index (χ2v) is 16.9. The molecular weight excluding hydrogens is 594 g/mol. The van der Waals surface area contributed by atoms with E-state index in [1.54, 1.807) is 14.1 Å². The minimum atomic E-state index is -0.878. The summed E-state index contributed by atoms with van der Waals surface area (Å²) < 4.78 is 33.7. The van der Waals surface area contributed by atoms with Crippen LogP contribution in [0.4, 0.5) is 4.79 Å². The third-order valence-corrected chi connectivity index (χ3v) is 14.0. The lowest BCUT2D eigenvalue weighted by atomic mass is 9.56. The standard InChI is InChI=1S/C35H55NO10/c1-18-9-11-24-20(3)26(38-29-34(24)22(18)13-15-32(5,41-29)43-45-34)17-27(39-31(37)36(7)8)28-21(4)25-12-10-19(2)23-14-16-33(6)42-30(40-28)35(23,25)46-44-33/h18-30H,9-17H2,1-8H3/t18-,19-,20-,21-,22+,23+,24+,25+,26-,27+,28?,29-,30-,32+,33+,34-,35-/m1/s1. The van der Waals surface area contributed by atoms with E-state index in [0.29, 0.717) is 18.3 Å². The number of hydrogen-bond acceptors (Lipinski definition) is 10. The van der Waals surface area contributed by atoms with Crippen LogP contribution < -0.4 is 0 Å². The Morgan fingerprint density at radius 1 is 0.717 bits per heavy atom. The number of rotatable bonds is 4. The Kier molecular flexibility index (Phi) is 7.68. The van der Waals surface area contributed by atoms with E-state index in [4.69, 9.17) is 43.2 Å². The summed E-state index contributed by atoms with van der Waals surface area (Å²) in [5.41, 5.74) is -1.33. The molecule has 17 atom stereocenters. The van der Waals surface area contributed by atoms with Crippen LogP contribution >= 0.6 is 0 Å². The number of fused-ring (bicyclic) bond motifs is 4. The Labute approximate surface area is 273 Å². The molecule has 10 rings (SSSR count). The first-order valence-electron chi connectivity index (χ1n) is 18.1. The molecule has 2 spiro atoms. The number of carbonyl (C=O) groups is 1. The third kappa shape index (κ3) is 4.55. The summed E-state index contributed by atoms with van der Waals surface area (Å²) in [6.07, 6.45) is 5.34. The summed E-state index contributed by atoms with van der Waals surface area (Å²) in [6, 6.07) is 0. The second kappa shape index (κ2) is 11.0. The Morgan fingerprint density at radius 2 is 1.24 bits per heavy atom. The van der Waals surface area contributed by atoms with Gasteiger partial charge in [0, 0.05) is 45.2 Å². The van der Waals surface area contributed by atoms with Gasteiger partial charge >= 0.3 is 6.09 Å².